The molecule has 0 saturated heterocycles. The van der Waals surface area contributed by atoms with E-state index in [2.05, 4.69) is 10.3 Å². The lowest BCUT2D eigenvalue weighted by molar-refractivity contribution is 0.111. The van der Waals surface area contributed by atoms with Gasteiger partial charge in [-0.05, 0) is 30.5 Å². The molecule has 1 heterocycles. The van der Waals surface area contributed by atoms with E-state index in [1.807, 2.05) is 12.1 Å². The standard InChI is InChI=1S/C14H13Cl2N3O/c15-11-5-4-9(6-12(11)16)7-19-14(10-2-1-3-10)13(8-20)17-18-19/h4-6,8,10H,1-3,7H2. The number of halogens is 2. The maximum absolute atomic E-state index is 11.1. The van der Waals surface area contributed by atoms with Crippen LogP contribution in [0.4, 0.5) is 0 Å². The Kier molecular flexibility index (Phi) is 3.76. The maximum Gasteiger partial charge on any atom is 0.172 e. The minimum absolute atomic E-state index is 0.396. The highest BCUT2D eigenvalue weighted by atomic mass is 35.5. The van der Waals surface area contributed by atoms with E-state index in [9.17, 15) is 4.79 Å². The van der Waals surface area contributed by atoms with Gasteiger partial charge in [-0.1, -0.05) is 40.9 Å². The molecule has 1 fully saturated rings. The fraction of sp³-hybridized carbons (Fsp3) is 0.357. The van der Waals surface area contributed by atoms with Gasteiger partial charge in [0.15, 0.2) is 6.29 Å². The molecular weight excluding hydrogens is 297 g/mol. The van der Waals surface area contributed by atoms with Crippen molar-refractivity contribution in [2.75, 3.05) is 0 Å². The molecule has 2 aromatic rings. The zero-order chi connectivity index (χ0) is 14.1. The van der Waals surface area contributed by atoms with Gasteiger partial charge in [0.05, 0.1) is 22.3 Å². The lowest BCUT2D eigenvalue weighted by Gasteiger charge is -2.26. The van der Waals surface area contributed by atoms with E-state index < -0.39 is 0 Å². The summed E-state index contributed by atoms with van der Waals surface area (Å²) in [5.74, 6) is 0.396. The summed E-state index contributed by atoms with van der Waals surface area (Å²) in [5.41, 5.74) is 2.38. The van der Waals surface area contributed by atoms with Crippen LogP contribution in [0.3, 0.4) is 0 Å². The summed E-state index contributed by atoms with van der Waals surface area (Å²) < 4.78 is 1.80. The predicted octanol–water partition coefficient (Wildman–Crippen LogP) is 3.71. The first kappa shape index (κ1) is 13.6. The van der Waals surface area contributed by atoms with Gasteiger partial charge in [0.2, 0.25) is 0 Å². The highest BCUT2D eigenvalue weighted by Gasteiger charge is 2.27. The largest absolute Gasteiger partial charge is 0.296 e. The topological polar surface area (TPSA) is 47.8 Å². The summed E-state index contributed by atoms with van der Waals surface area (Å²) >= 11 is 11.9. The Morgan fingerprint density at radius 3 is 2.70 bits per heavy atom. The Morgan fingerprint density at radius 1 is 1.30 bits per heavy atom. The zero-order valence-electron chi connectivity index (χ0n) is 10.7. The smallest absolute Gasteiger partial charge is 0.172 e. The van der Waals surface area contributed by atoms with Crippen molar-refractivity contribution in [1.82, 2.24) is 15.0 Å². The second kappa shape index (κ2) is 5.54. The van der Waals surface area contributed by atoms with Crippen molar-refractivity contribution in [3.8, 4) is 0 Å². The summed E-state index contributed by atoms with van der Waals surface area (Å²) in [6.07, 6.45) is 4.16. The average molecular weight is 310 g/mol. The molecule has 0 spiro atoms. The van der Waals surface area contributed by atoms with E-state index >= 15 is 0 Å². The van der Waals surface area contributed by atoms with Gasteiger partial charge in [0.25, 0.3) is 0 Å². The van der Waals surface area contributed by atoms with Crippen LogP contribution in [0.1, 0.15) is 46.9 Å². The van der Waals surface area contributed by atoms with Gasteiger partial charge < -0.3 is 0 Å². The van der Waals surface area contributed by atoms with Gasteiger partial charge in [-0.25, -0.2) is 4.68 Å². The van der Waals surface area contributed by atoms with Gasteiger partial charge in [-0.15, -0.1) is 5.10 Å². The lowest BCUT2D eigenvalue weighted by atomic mass is 9.82. The summed E-state index contributed by atoms with van der Waals surface area (Å²) in [4.78, 5) is 11.1. The Labute approximate surface area is 126 Å². The zero-order valence-corrected chi connectivity index (χ0v) is 12.2. The first-order chi connectivity index (χ1) is 9.69. The number of rotatable bonds is 4. The van der Waals surface area contributed by atoms with Crippen LogP contribution in [0, 0.1) is 0 Å². The first-order valence-electron chi connectivity index (χ1n) is 6.51. The number of carbonyl (C=O) groups is 1. The number of nitrogens with zero attached hydrogens (tertiary/aromatic N) is 3. The van der Waals surface area contributed by atoms with Crippen LogP contribution in [-0.4, -0.2) is 21.3 Å². The monoisotopic (exact) mass is 309 g/mol. The summed E-state index contributed by atoms with van der Waals surface area (Å²) in [6, 6.07) is 5.48. The van der Waals surface area contributed by atoms with Crippen molar-refractivity contribution in [3.05, 3.63) is 45.2 Å². The number of hydrogen-bond acceptors (Lipinski definition) is 3. The SMILES string of the molecule is O=Cc1nnn(Cc2ccc(Cl)c(Cl)c2)c1C1CCC1. The van der Waals surface area contributed by atoms with Gasteiger partial charge in [0, 0.05) is 5.92 Å². The molecule has 0 radical (unpaired) electrons. The number of aldehydes is 1. The third-order valence-corrected chi connectivity index (χ3v) is 4.46. The van der Waals surface area contributed by atoms with Gasteiger partial charge >= 0.3 is 0 Å². The molecule has 0 aliphatic heterocycles. The predicted molar refractivity (Wildman–Crippen MR) is 77.6 cm³/mol. The Morgan fingerprint density at radius 2 is 2.10 bits per heavy atom. The van der Waals surface area contributed by atoms with Crippen molar-refractivity contribution in [2.24, 2.45) is 0 Å². The molecule has 20 heavy (non-hydrogen) atoms. The molecular formula is C14H13Cl2N3O. The van der Waals surface area contributed by atoms with E-state index in [-0.39, 0.29) is 0 Å². The molecule has 3 rings (SSSR count). The van der Waals surface area contributed by atoms with Crippen molar-refractivity contribution in [2.45, 2.75) is 31.7 Å². The molecule has 104 valence electrons. The first-order valence-corrected chi connectivity index (χ1v) is 7.27. The third-order valence-electron chi connectivity index (χ3n) is 3.72. The van der Waals surface area contributed by atoms with Crippen LogP contribution < -0.4 is 0 Å². The Balaban J connectivity index is 1.91. The normalized spacial score (nSPS) is 15.1. The minimum atomic E-state index is 0.396. The van der Waals surface area contributed by atoms with Gasteiger partial charge in [-0.3, -0.25) is 4.79 Å². The summed E-state index contributed by atoms with van der Waals surface area (Å²) in [6.45, 7) is 0.545. The highest BCUT2D eigenvalue weighted by molar-refractivity contribution is 6.42. The summed E-state index contributed by atoms with van der Waals surface area (Å²) in [5, 5.41) is 9.10. The summed E-state index contributed by atoms with van der Waals surface area (Å²) in [7, 11) is 0. The molecule has 0 unspecified atom stereocenters. The molecule has 0 N–H and O–H groups in total. The van der Waals surface area contributed by atoms with Crippen molar-refractivity contribution in [3.63, 3.8) is 0 Å². The van der Waals surface area contributed by atoms with E-state index in [4.69, 9.17) is 23.2 Å². The van der Waals surface area contributed by atoms with Crippen molar-refractivity contribution in [1.29, 1.82) is 0 Å². The number of benzene rings is 1. The van der Waals surface area contributed by atoms with Crippen LogP contribution in [-0.2, 0) is 6.54 Å². The van der Waals surface area contributed by atoms with E-state index in [0.29, 0.717) is 28.2 Å². The van der Waals surface area contributed by atoms with Crippen LogP contribution in [0.2, 0.25) is 10.0 Å². The van der Waals surface area contributed by atoms with E-state index in [0.717, 1.165) is 30.4 Å². The number of carbonyl (C=O) groups excluding carboxylic acids is 1. The molecule has 0 amide bonds. The number of aromatic nitrogens is 3. The van der Waals surface area contributed by atoms with E-state index in [1.54, 1.807) is 10.7 Å². The Bertz CT molecular complexity index is 650. The van der Waals surface area contributed by atoms with Crippen LogP contribution in [0.5, 0.6) is 0 Å². The molecule has 1 aromatic carbocycles. The second-order valence-electron chi connectivity index (χ2n) is 5.01. The minimum Gasteiger partial charge on any atom is -0.296 e. The lowest BCUT2D eigenvalue weighted by Crippen LogP contribution is -2.17. The van der Waals surface area contributed by atoms with E-state index in [1.165, 1.54) is 6.42 Å². The average Bonchev–Trinajstić information content (AvgIpc) is 2.75. The van der Waals surface area contributed by atoms with Crippen LogP contribution in [0.15, 0.2) is 18.2 Å². The second-order valence-corrected chi connectivity index (χ2v) is 5.83. The molecule has 6 heteroatoms. The fourth-order valence-electron chi connectivity index (χ4n) is 2.45. The van der Waals surface area contributed by atoms with Gasteiger partial charge in [-0.2, -0.15) is 0 Å². The highest BCUT2D eigenvalue weighted by Crippen LogP contribution is 2.37. The van der Waals surface area contributed by atoms with Gasteiger partial charge in [0.1, 0.15) is 5.69 Å². The molecule has 1 aliphatic carbocycles. The molecule has 1 aliphatic rings. The van der Waals surface area contributed by atoms with Crippen molar-refractivity contribution < 1.29 is 4.79 Å². The molecule has 0 bridgehead atoms. The van der Waals surface area contributed by atoms with Crippen LogP contribution in [0.25, 0.3) is 0 Å². The Hall–Kier alpha value is -1.39. The number of hydrogen-bond donors (Lipinski definition) is 0. The molecule has 4 nitrogen and oxygen atoms in total. The van der Waals surface area contributed by atoms with Crippen molar-refractivity contribution >= 4 is 29.5 Å². The van der Waals surface area contributed by atoms with Crippen LogP contribution >= 0.6 is 23.2 Å². The molecule has 1 aromatic heterocycles. The quantitative estimate of drug-likeness (QED) is 0.809. The molecule has 0 atom stereocenters. The maximum atomic E-state index is 11.1. The fourth-order valence-corrected chi connectivity index (χ4v) is 2.77. The third kappa shape index (κ3) is 2.45. The molecule has 1 saturated carbocycles.